The van der Waals surface area contributed by atoms with Gasteiger partial charge >= 0.3 is 0 Å². The minimum Gasteiger partial charge on any atom is -0.394 e. The first-order valence-corrected chi connectivity index (χ1v) is 4.68. The van der Waals surface area contributed by atoms with Crippen molar-refractivity contribution in [2.75, 3.05) is 18.5 Å². The van der Waals surface area contributed by atoms with E-state index in [1.54, 1.807) is 6.92 Å². The van der Waals surface area contributed by atoms with Crippen molar-refractivity contribution in [3.8, 4) is 0 Å². The molecule has 16 heavy (non-hydrogen) atoms. The molecule has 0 aliphatic rings. The molecule has 0 aromatic carbocycles. The van der Waals surface area contributed by atoms with Gasteiger partial charge in [-0.05, 0) is 6.92 Å². The first-order chi connectivity index (χ1) is 7.54. The number of pyridine rings is 1. The van der Waals surface area contributed by atoms with Gasteiger partial charge < -0.3 is 15.5 Å². The molecule has 1 atom stereocenters. The van der Waals surface area contributed by atoms with Crippen molar-refractivity contribution in [1.29, 1.82) is 0 Å². The highest BCUT2D eigenvalue weighted by Gasteiger charge is 2.12. The van der Waals surface area contributed by atoms with E-state index in [2.05, 4.69) is 10.3 Å². The number of hydrogen-bond donors (Lipinski definition) is 3. The van der Waals surface area contributed by atoms with E-state index in [4.69, 9.17) is 10.2 Å². The Hall–Kier alpha value is -1.73. The molecule has 1 unspecified atom stereocenters. The van der Waals surface area contributed by atoms with E-state index < -0.39 is 11.0 Å². The van der Waals surface area contributed by atoms with Crippen LogP contribution in [-0.4, -0.2) is 39.4 Å². The number of aromatic nitrogens is 1. The van der Waals surface area contributed by atoms with E-state index in [0.29, 0.717) is 11.4 Å². The summed E-state index contributed by atoms with van der Waals surface area (Å²) in [7, 11) is 0. The van der Waals surface area contributed by atoms with Gasteiger partial charge in [-0.15, -0.1) is 0 Å². The Morgan fingerprint density at radius 1 is 1.69 bits per heavy atom. The van der Waals surface area contributed by atoms with Crippen molar-refractivity contribution in [1.82, 2.24) is 4.98 Å². The first-order valence-electron chi connectivity index (χ1n) is 4.68. The fraction of sp³-hybridized carbons (Fsp3) is 0.444. The fourth-order valence-electron chi connectivity index (χ4n) is 1.09. The summed E-state index contributed by atoms with van der Waals surface area (Å²) in [4.78, 5) is 14.1. The van der Waals surface area contributed by atoms with Crippen LogP contribution < -0.4 is 5.32 Å². The Morgan fingerprint density at radius 3 is 2.94 bits per heavy atom. The predicted octanol–water partition coefficient (Wildman–Crippen LogP) is 0.0633. The summed E-state index contributed by atoms with van der Waals surface area (Å²) >= 11 is 0. The van der Waals surface area contributed by atoms with Crippen LogP contribution >= 0.6 is 0 Å². The Bertz CT molecular complexity index is 383. The highest BCUT2D eigenvalue weighted by atomic mass is 16.6. The van der Waals surface area contributed by atoms with Gasteiger partial charge in [-0.25, -0.2) is 4.98 Å². The summed E-state index contributed by atoms with van der Waals surface area (Å²) < 4.78 is 0. The third-order valence-corrected chi connectivity index (χ3v) is 2.00. The van der Waals surface area contributed by atoms with Crippen LogP contribution in [0.3, 0.4) is 0 Å². The van der Waals surface area contributed by atoms with Crippen LogP contribution in [0.2, 0.25) is 0 Å². The molecule has 3 N–H and O–H groups in total. The molecule has 1 aromatic rings. The van der Waals surface area contributed by atoms with Gasteiger partial charge in [0.25, 0.3) is 5.69 Å². The van der Waals surface area contributed by atoms with Crippen molar-refractivity contribution < 1.29 is 15.1 Å². The SMILES string of the molecule is Cc1cnc(NCC(O)CO)cc1[N+](=O)[O-]. The van der Waals surface area contributed by atoms with Crippen molar-refractivity contribution in [2.45, 2.75) is 13.0 Å². The third kappa shape index (κ3) is 3.14. The zero-order valence-corrected chi connectivity index (χ0v) is 8.75. The van der Waals surface area contributed by atoms with E-state index in [0.717, 1.165) is 0 Å². The monoisotopic (exact) mass is 227 g/mol. The number of aryl methyl sites for hydroxylation is 1. The molecule has 0 bridgehead atoms. The highest BCUT2D eigenvalue weighted by Crippen LogP contribution is 2.19. The fourth-order valence-corrected chi connectivity index (χ4v) is 1.09. The van der Waals surface area contributed by atoms with Gasteiger partial charge in [0.2, 0.25) is 0 Å². The quantitative estimate of drug-likeness (QED) is 0.485. The second kappa shape index (κ2) is 5.38. The Balaban J connectivity index is 2.75. The largest absolute Gasteiger partial charge is 0.394 e. The molecule has 0 amide bonds. The number of nitrogens with zero attached hydrogens (tertiary/aromatic N) is 2. The Morgan fingerprint density at radius 2 is 2.38 bits per heavy atom. The second-order valence-electron chi connectivity index (χ2n) is 3.33. The van der Waals surface area contributed by atoms with E-state index in [1.807, 2.05) is 0 Å². The van der Waals surface area contributed by atoms with Gasteiger partial charge in [-0.3, -0.25) is 10.1 Å². The highest BCUT2D eigenvalue weighted by molar-refractivity contribution is 5.48. The predicted molar refractivity (Wildman–Crippen MR) is 57.2 cm³/mol. The van der Waals surface area contributed by atoms with Gasteiger partial charge in [0.05, 0.1) is 23.7 Å². The summed E-state index contributed by atoms with van der Waals surface area (Å²) in [6.45, 7) is 1.31. The molecule has 1 aromatic heterocycles. The molecule has 0 aliphatic heterocycles. The van der Waals surface area contributed by atoms with Crippen LogP contribution in [0.15, 0.2) is 12.3 Å². The molecule has 0 saturated carbocycles. The number of aliphatic hydroxyl groups excluding tert-OH is 2. The molecule has 7 nitrogen and oxygen atoms in total. The van der Waals surface area contributed by atoms with E-state index in [1.165, 1.54) is 12.3 Å². The Kier molecular flexibility index (Phi) is 4.15. The van der Waals surface area contributed by atoms with Gasteiger partial charge in [-0.2, -0.15) is 0 Å². The molecule has 0 spiro atoms. The maximum atomic E-state index is 10.6. The summed E-state index contributed by atoms with van der Waals surface area (Å²) in [5.41, 5.74) is 0.439. The molecular weight excluding hydrogens is 214 g/mol. The molecule has 1 rings (SSSR count). The minimum atomic E-state index is -0.915. The van der Waals surface area contributed by atoms with E-state index in [9.17, 15) is 10.1 Å². The van der Waals surface area contributed by atoms with Gasteiger partial charge in [-0.1, -0.05) is 0 Å². The molecular formula is C9H13N3O4. The lowest BCUT2D eigenvalue weighted by Gasteiger charge is -2.09. The van der Waals surface area contributed by atoms with Crippen molar-refractivity contribution >= 4 is 11.5 Å². The normalized spacial score (nSPS) is 12.2. The molecule has 7 heteroatoms. The van der Waals surface area contributed by atoms with Gasteiger partial charge in [0.1, 0.15) is 5.82 Å². The van der Waals surface area contributed by atoms with Crippen LogP contribution in [-0.2, 0) is 0 Å². The minimum absolute atomic E-state index is 0.0315. The molecule has 1 heterocycles. The standard InChI is InChI=1S/C9H13N3O4/c1-6-3-10-9(2-8(6)12(15)16)11-4-7(14)5-13/h2-3,7,13-14H,4-5H2,1H3,(H,10,11). The molecule has 0 saturated heterocycles. The Labute approximate surface area is 91.9 Å². The van der Waals surface area contributed by atoms with Gasteiger partial charge in [0.15, 0.2) is 0 Å². The lowest BCUT2D eigenvalue weighted by Crippen LogP contribution is -2.23. The second-order valence-corrected chi connectivity index (χ2v) is 3.33. The van der Waals surface area contributed by atoms with Crippen molar-refractivity contribution in [3.05, 3.63) is 27.9 Å². The zero-order chi connectivity index (χ0) is 12.1. The summed E-state index contributed by atoms with van der Waals surface area (Å²) in [5, 5.41) is 31.0. The van der Waals surface area contributed by atoms with Crippen molar-refractivity contribution in [3.63, 3.8) is 0 Å². The maximum Gasteiger partial charge on any atom is 0.277 e. The van der Waals surface area contributed by atoms with Crippen molar-refractivity contribution in [2.24, 2.45) is 0 Å². The van der Waals surface area contributed by atoms with Crippen LogP contribution in [0, 0.1) is 17.0 Å². The average Bonchev–Trinajstić information content (AvgIpc) is 2.27. The number of nitrogens with one attached hydrogen (secondary N) is 1. The number of anilines is 1. The van der Waals surface area contributed by atoms with Crippen LogP contribution in [0.1, 0.15) is 5.56 Å². The molecule has 88 valence electrons. The average molecular weight is 227 g/mol. The van der Waals surface area contributed by atoms with Crippen LogP contribution in [0.4, 0.5) is 11.5 Å². The third-order valence-electron chi connectivity index (χ3n) is 2.00. The molecule has 0 aliphatic carbocycles. The summed E-state index contributed by atoms with van der Waals surface area (Å²) in [6, 6.07) is 1.29. The van der Waals surface area contributed by atoms with E-state index in [-0.39, 0.29) is 18.8 Å². The van der Waals surface area contributed by atoms with Gasteiger partial charge in [0, 0.05) is 18.3 Å². The van der Waals surface area contributed by atoms with E-state index >= 15 is 0 Å². The number of rotatable bonds is 5. The first kappa shape index (κ1) is 12.3. The lowest BCUT2D eigenvalue weighted by atomic mass is 10.2. The van der Waals surface area contributed by atoms with Crippen LogP contribution in [0.5, 0.6) is 0 Å². The number of aliphatic hydroxyl groups is 2. The summed E-state index contributed by atoms with van der Waals surface area (Å²) in [6.07, 6.45) is 0.466. The molecule has 0 radical (unpaired) electrons. The number of hydrogen-bond acceptors (Lipinski definition) is 6. The number of nitro groups is 1. The molecule has 0 fully saturated rings. The lowest BCUT2D eigenvalue weighted by molar-refractivity contribution is -0.385. The zero-order valence-electron chi connectivity index (χ0n) is 8.75. The maximum absolute atomic E-state index is 10.6. The topological polar surface area (TPSA) is 109 Å². The smallest absolute Gasteiger partial charge is 0.277 e. The van der Waals surface area contributed by atoms with Crippen LogP contribution in [0.25, 0.3) is 0 Å². The summed E-state index contributed by atoms with van der Waals surface area (Å²) in [5.74, 6) is 0.296.